The number of hydrogen-bond donors (Lipinski definition) is 0. The second-order valence-corrected chi connectivity index (χ2v) is 6.76. The van der Waals surface area contributed by atoms with E-state index in [4.69, 9.17) is 9.72 Å². The third kappa shape index (κ3) is 2.35. The van der Waals surface area contributed by atoms with Crippen LogP contribution in [0, 0.1) is 12.7 Å². The minimum absolute atomic E-state index is 0.256. The highest BCUT2D eigenvalue weighted by Gasteiger charge is 2.26. The standard InChI is InChI=1S/C19H16BrFN2O/c1-11-14-7-8-23(12-3-5-16(20)17(21)9-12)19(14)15-10-13(24-2)4-6-18(15)22-11/h3-6,9-10H,7-8H2,1-2H3. The molecule has 2 aromatic carbocycles. The Balaban J connectivity index is 1.96. The number of aryl methyl sites for hydroxylation is 1. The van der Waals surface area contributed by atoms with E-state index >= 15 is 0 Å². The summed E-state index contributed by atoms with van der Waals surface area (Å²) in [6.07, 6.45) is 0.902. The highest BCUT2D eigenvalue weighted by atomic mass is 79.9. The Kier molecular flexibility index (Phi) is 3.68. The lowest BCUT2D eigenvalue weighted by atomic mass is 10.1. The number of halogens is 2. The summed E-state index contributed by atoms with van der Waals surface area (Å²) < 4.78 is 19.9. The molecule has 1 aromatic heterocycles. The van der Waals surface area contributed by atoms with Crippen LogP contribution in [-0.4, -0.2) is 18.6 Å². The molecule has 0 spiro atoms. The van der Waals surface area contributed by atoms with Crippen LogP contribution in [0.25, 0.3) is 10.9 Å². The Labute approximate surface area is 148 Å². The van der Waals surface area contributed by atoms with Crippen LogP contribution in [0.2, 0.25) is 0 Å². The molecule has 24 heavy (non-hydrogen) atoms. The van der Waals surface area contributed by atoms with Gasteiger partial charge >= 0.3 is 0 Å². The van der Waals surface area contributed by atoms with Gasteiger partial charge in [0, 0.05) is 23.3 Å². The zero-order valence-electron chi connectivity index (χ0n) is 13.4. The number of pyridine rings is 1. The molecule has 0 amide bonds. The fourth-order valence-corrected chi connectivity index (χ4v) is 3.61. The highest BCUT2D eigenvalue weighted by molar-refractivity contribution is 9.10. The van der Waals surface area contributed by atoms with Crippen LogP contribution in [0.4, 0.5) is 15.8 Å². The molecule has 1 aliphatic heterocycles. The molecule has 0 fully saturated rings. The van der Waals surface area contributed by atoms with E-state index in [1.807, 2.05) is 31.2 Å². The number of benzene rings is 2. The van der Waals surface area contributed by atoms with Crippen molar-refractivity contribution in [2.45, 2.75) is 13.3 Å². The molecule has 0 N–H and O–H groups in total. The van der Waals surface area contributed by atoms with Gasteiger partial charge in [-0.1, -0.05) is 0 Å². The second kappa shape index (κ2) is 5.74. The summed E-state index contributed by atoms with van der Waals surface area (Å²) in [4.78, 5) is 6.89. The number of fused-ring (bicyclic) bond motifs is 3. The van der Waals surface area contributed by atoms with E-state index in [0.717, 1.165) is 46.7 Å². The normalized spacial score (nSPS) is 13.4. The Bertz CT molecular complexity index is 958. The molecule has 0 unspecified atom stereocenters. The molecule has 0 saturated heterocycles. The van der Waals surface area contributed by atoms with Crippen molar-refractivity contribution in [3.8, 4) is 5.75 Å². The Morgan fingerprint density at radius 3 is 2.79 bits per heavy atom. The molecule has 0 radical (unpaired) electrons. The van der Waals surface area contributed by atoms with Crippen molar-refractivity contribution in [3.63, 3.8) is 0 Å². The predicted octanol–water partition coefficient (Wildman–Crippen LogP) is 5.15. The van der Waals surface area contributed by atoms with E-state index in [9.17, 15) is 4.39 Å². The van der Waals surface area contributed by atoms with Crippen LogP contribution in [-0.2, 0) is 6.42 Å². The molecular weight excluding hydrogens is 371 g/mol. The number of hydrogen-bond acceptors (Lipinski definition) is 3. The first kappa shape index (κ1) is 15.4. The van der Waals surface area contributed by atoms with E-state index in [2.05, 4.69) is 20.8 Å². The molecule has 0 saturated carbocycles. The molecule has 3 aromatic rings. The van der Waals surface area contributed by atoms with Crippen molar-refractivity contribution in [2.24, 2.45) is 0 Å². The third-order valence-corrected chi connectivity index (χ3v) is 5.18. The van der Waals surface area contributed by atoms with Crippen LogP contribution in [0.1, 0.15) is 11.3 Å². The minimum atomic E-state index is -0.256. The molecule has 0 bridgehead atoms. The van der Waals surface area contributed by atoms with E-state index in [1.54, 1.807) is 19.2 Å². The SMILES string of the molecule is COc1ccc2nc(C)c3c(c2c1)N(c1ccc(Br)c(F)c1)CC3. The average Bonchev–Trinajstić information content (AvgIpc) is 3.03. The van der Waals surface area contributed by atoms with E-state index < -0.39 is 0 Å². The average molecular weight is 387 g/mol. The van der Waals surface area contributed by atoms with Crippen molar-refractivity contribution in [1.29, 1.82) is 0 Å². The van der Waals surface area contributed by atoms with Crippen LogP contribution in [0.5, 0.6) is 5.75 Å². The number of nitrogens with zero attached hydrogens (tertiary/aromatic N) is 2. The van der Waals surface area contributed by atoms with Gasteiger partial charge in [0.25, 0.3) is 0 Å². The quantitative estimate of drug-likeness (QED) is 0.608. The first-order valence-corrected chi connectivity index (χ1v) is 8.57. The summed E-state index contributed by atoms with van der Waals surface area (Å²) in [5.74, 6) is 0.540. The van der Waals surface area contributed by atoms with Gasteiger partial charge in [-0.05, 0) is 71.2 Å². The number of aromatic nitrogens is 1. The fraction of sp³-hybridized carbons (Fsp3) is 0.211. The molecule has 5 heteroatoms. The maximum Gasteiger partial charge on any atom is 0.139 e. The summed E-state index contributed by atoms with van der Waals surface area (Å²) in [6, 6.07) is 11.2. The Morgan fingerprint density at radius 1 is 1.21 bits per heavy atom. The monoisotopic (exact) mass is 386 g/mol. The van der Waals surface area contributed by atoms with Crippen LogP contribution in [0.3, 0.4) is 0 Å². The van der Waals surface area contributed by atoms with Gasteiger partial charge in [0.05, 0.1) is 22.8 Å². The smallest absolute Gasteiger partial charge is 0.139 e. The van der Waals surface area contributed by atoms with Crippen LogP contribution < -0.4 is 9.64 Å². The summed E-state index contributed by atoms with van der Waals surface area (Å²) in [6.45, 7) is 2.85. The van der Waals surface area contributed by atoms with Gasteiger partial charge in [0.15, 0.2) is 0 Å². The number of ether oxygens (including phenoxy) is 1. The van der Waals surface area contributed by atoms with Crippen molar-refractivity contribution in [2.75, 3.05) is 18.6 Å². The van der Waals surface area contributed by atoms with Gasteiger partial charge in [-0.2, -0.15) is 0 Å². The molecule has 2 heterocycles. The zero-order valence-corrected chi connectivity index (χ0v) is 15.0. The van der Waals surface area contributed by atoms with E-state index in [1.165, 1.54) is 5.56 Å². The van der Waals surface area contributed by atoms with Gasteiger partial charge in [0.1, 0.15) is 11.6 Å². The summed E-state index contributed by atoms with van der Waals surface area (Å²) in [5.41, 5.74) is 5.14. The van der Waals surface area contributed by atoms with E-state index in [-0.39, 0.29) is 5.82 Å². The lowest BCUT2D eigenvalue weighted by molar-refractivity contribution is 0.415. The van der Waals surface area contributed by atoms with Crippen molar-refractivity contribution in [1.82, 2.24) is 4.98 Å². The highest BCUT2D eigenvalue weighted by Crippen LogP contribution is 2.42. The van der Waals surface area contributed by atoms with Gasteiger partial charge < -0.3 is 9.64 Å². The van der Waals surface area contributed by atoms with Crippen molar-refractivity contribution in [3.05, 3.63) is 57.9 Å². The van der Waals surface area contributed by atoms with Gasteiger partial charge in [-0.3, -0.25) is 4.98 Å². The number of rotatable bonds is 2. The lowest BCUT2D eigenvalue weighted by Crippen LogP contribution is -2.14. The topological polar surface area (TPSA) is 25.4 Å². The maximum absolute atomic E-state index is 14.0. The Hall–Kier alpha value is -2.14. The number of methoxy groups -OCH3 is 1. The summed E-state index contributed by atoms with van der Waals surface area (Å²) in [7, 11) is 1.66. The van der Waals surface area contributed by atoms with Crippen molar-refractivity contribution >= 4 is 38.2 Å². The minimum Gasteiger partial charge on any atom is -0.497 e. The Morgan fingerprint density at radius 2 is 2.04 bits per heavy atom. The molecular formula is C19H16BrFN2O. The lowest BCUT2D eigenvalue weighted by Gasteiger charge is -2.22. The first-order valence-electron chi connectivity index (χ1n) is 7.78. The van der Waals surface area contributed by atoms with Gasteiger partial charge in [-0.25, -0.2) is 4.39 Å². The van der Waals surface area contributed by atoms with Crippen LogP contribution in [0.15, 0.2) is 40.9 Å². The maximum atomic E-state index is 14.0. The molecule has 122 valence electrons. The fourth-order valence-electron chi connectivity index (χ4n) is 3.37. The molecule has 1 aliphatic rings. The first-order chi connectivity index (χ1) is 11.6. The largest absolute Gasteiger partial charge is 0.497 e. The molecule has 0 aliphatic carbocycles. The number of anilines is 2. The molecule has 0 atom stereocenters. The van der Waals surface area contributed by atoms with Crippen molar-refractivity contribution < 1.29 is 9.13 Å². The summed E-state index contributed by atoms with van der Waals surface area (Å²) >= 11 is 3.22. The third-order valence-electron chi connectivity index (χ3n) is 4.54. The summed E-state index contributed by atoms with van der Waals surface area (Å²) in [5, 5.41) is 1.04. The molecule has 4 rings (SSSR count). The van der Waals surface area contributed by atoms with Gasteiger partial charge in [0.2, 0.25) is 0 Å². The van der Waals surface area contributed by atoms with E-state index in [0.29, 0.717) is 4.47 Å². The predicted molar refractivity (Wildman–Crippen MR) is 97.8 cm³/mol. The second-order valence-electron chi connectivity index (χ2n) is 5.91. The zero-order chi connectivity index (χ0) is 16.8. The van der Waals surface area contributed by atoms with Crippen LogP contribution >= 0.6 is 15.9 Å². The molecule has 3 nitrogen and oxygen atoms in total. The van der Waals surface area contributed by atoms with Gasteiger partial charge in [-0.15, -0.1) is 0 Å².